The van der Waals surface area contributed by atoms with Crippen molar-refractivity contribution < 1.29 is 13.9 Å². The van der Waals surface area contributed by atoms with E-state index in [-0.39, 0.29) is 11.9 Å². The van der Waals surface area contributed by atoms with E-state index < -0.39 is 5.91 Å². The Morgan fingerprint density at radius 1 is 1.22 bits per heavy atom. The number of primary amides is 1. The van der Waals surface area contributed by atoms with Gasteiger partial charge in [0.1, 0.15) is 5.82 Å². The number of carbonyl (C=O) groups is 1. The maximum atomic E-state index is 13.6. The summed E-state index contributed by atoms with van der Waals surface area (Å²) in [5, 5.41) is 3.97. The number of amides is 1. The van der Waals surface area contributed by atoms with Gasteiger partial charge in [-0.15, -0.1) is 0 Å². The zero-order valence-electron chi connectivity index (χ0n) is 18.1. The molecule has 0 saturated carbocycles. The van der Waals surface area contributed by atoms with Crippen LogP contribution in [0.1, 0.15) is 35.5 Å². The lowest BCUT2D eigenvalue weighted by molar-refractivity contribution is 0.100. The van der Waals surface area contributed by atoms with E-state index in [1.54, 1.807) is 24.4 Å². The van der Waals surface area contributed by atoms with Crippen LogP contribution in [0, 0.1) is 12.7 Å². The lowest BCUT2D eigenvalue weighted by atomic mass is 10.1. The number of hydrogen-bond acceptors (Lipinski definition) is 5. The molecule has 0 saturated heterocycles. The van der Waals surface area contributed by atoms with Crippen LogP contribution in [-0.4, -0.2) is 26.5 Å². The predicted octanol–water partition coefficient (Wildman–Crippen LogP) is 4.37. The molecule has 0 fully saturated rings. The Morgan fingerprint density at radius 3 is 2.72 bits per heavy atom. The fraction of sp³-hybridized carbons (Fsp3) is 0.208. The molecule has 1 amide bonds. The van der Waals surface area contributed by atoms with E-state index in [1.807, 2.05) is 43.5 Å². The summed E-state index contributed by atoms with van der Waals surface area (Å²) in [5.74, 6) is 0.599. The fourth-order valence-corrected chi connectivity index (χ4v) is 3.61. The molecule has 2 heterocycles. The van der Waals surface area contributed by atoms with Crippen molar-refractivity contribution in [1.29, 1.82) is 0 Å². The van der Waals surface area contributed by atoms with Crippen molar-refractivity contribution in [1.82, 2.24) is 14.5 Å². The van der Waals surface area contributed by atoms with Gasteiger partial charge >= 0.3 is 0 Å². The van der Waals surface area contributed by atoms with Gasteiger partial charge in [-0.25, -0.2) is 9.37 Å². The minimum atomic E-state index is -0.494. The van der Waals surface area contributed by atoms with Crippen LogP contribution in [0.25, 0.3) is 16.9 Å². The van der Waals surface area contributed by atoms with Crippen molar-refractivity contribution in [3.05, 3.63) is 77.4 Å². The van der Waals surface area contributed by atoms with Gasteiger partial charge < -0.3 is 15.8 Å². The summed E-state index contributed by atoms with van der Waals surface area (Å²) >= 11 is 0. The number of ether oxygens (including phenoxy) is 1. The first-order valence-electron chi connectivity index (χ1n) is 10.3. The van der Waals surface area contributed by atoms with Gasteiger partial charge in [0.15, 0.2) is 11.6 Å². The van der Waals surface area contributed by atoms with Gasteiger partial charge in [-0.2, -0.15) is 4.98 Å². The molecule has 0 spiro atoms. The number of benzene rings is 2. The largest absolute Gasteiger partial charge is 0.486 e. The van der Waals surface area contributed by atoms with Crippen LogP contribution in [0.15, 0.2) is 54.7 Å². The minimum absolute atomic E-state index is 0.0774. The number of fused-ring (bicyclic) bond motifs is 1. The molecule has 0 aliphatic rings. The summed E-state index contributed by atoms with van der Waals surface area (Å²) in [6.45, 7) is 6.10. The van der Waals surface area contributed by atoms with E-state index in [2.05, 4.69) is 10.3 Å². The quantitative estimate of drug-likeness (QED) is 0.451. The maximum absolute atomic E-state index is 13.6. The lowest BCUT2D eigenvalue weighted by Crippen LogP contribution is -2.13. The molecule has 4 rings (SSSR count). The molecule has 0 aliphatic heterocycles. The first-order valence-corrected chi connectivity index (χ1v) is 10.3. The smallest absolute Gasteiger partial charge is 0.249 e. The van der Waals surface area contributed by atoms with E-state index in [9.17, 15) is 9.18 Å². The van der Waals surface area contributed by atoms with Crippen LogP contribution < -0.4 is 15.8 Å². The van der Waals surface area contributed by atoms with E-state index >= 15 is 0 Å². The number of aromatic nitrogens is 3. The Hall–Kier alpha value is -3.94. The Labute approximate surface area is 185 Å². The molecule has 2 aromatic carbocycles. The molecule has 0 radical (unpaired) electrons. The first-order chi connectivity index (χ1) is 15.3. The van der Waals surface area contributed by atoms with Crippen LogP contribution in [0.4, 0.5) is 10.2 Å². The number of nitrogens with zero attached hydrogens (tertiary/aromatic N) is 3. The van der Waals surface area contributed by atoms with Gasteiger partial charge in [0.05, 0.1) is 17.8 Å². The van der Waals surface area contributed by atoms with Crippen molar-refractivity contribution in [2.45, 2.75) is 33.4 Å². The number of nitrogens with two attached hydrogens (primary N) is 1. The zero-order valence-corrected chi connectivity index (χ0v) is 18.1. The average molecular weight is 433 g/mol. The monoisotopic (exact) mass is 433 g/mol. The van der Waals surface area contributed by atoms with Gasteiger partial charge in [-0.1, -0.05) is 18.2 Å². The second kappa shape index (κ2) is 8.66. The zero-order chi connectivity index (χ0) is 22.8. The molecule has 32 heavy (non-hydrogen) atoms. The fourth-order valence-electron chi connectivity index (χ4n) is 3.61. The average Bonchev–Trinajstić information content (AvgIpc) is 3.08. The van der Waals surface area contributed by atoms with Crippen molar-refractivity contribution in [3.63, 3.8) is 0 Å². The Kier molecular flexibility index (Phi) is 5.77. The van der Waals surface area contributed by atoms with Crippen LogP contribution in [0.2, 0.25) is 0 Å². The molecular weight excluding hydrogens is 409 g/mol. The van der Waals surface area contributed by atoms with E-state index in [1.165, 1.54) is 12.1 Å². The van der Waals surface area contributed by atoms with Crippen molar-refractivity contribution in [2.24, 2.45) is 5.73 Å². The first kappa shape index (κ1) is 21.3. The summed E-state index contributed by atoms with van der Waals surface area (Å²) < 4.78 is 21.3. The number of rotatable bonds is 7. The van der Waals surface area contributed by atoms with Crippen LogP contribution in [-0.2, 0) is 6.54 Å². The molecule has 2 aromatic heterocycles. The molecule has 0 aliphatic carbocycles. The van der Waals surface area contributed by atoms with Gasteiger partial charge in [0, 0.05) is 23.2 Å². The van der Waals surface area contributed by atoms with Gasteiger partial charge in [0.25, 0.3) is 0 Å². The summed E-state index contributed by atoms with van der Waals surface area (Å²) in [5.41, 5.74) is 8.37. The maximum Gasteiger partial charge on any atom is 0.249 e. The van der Waals surface area contributed by atoms with Gasteiger partial charge in [0.2, 0.25) is 11.9 Å². The Bertz CT molecular complexity index is 1300. The molecule has 4 aromatic rings. The molecule has 7 nitrogen and oxygen atoms in total. The standard InChI is InChI=1S/C24H24FN5O2/c1-14(2)32-21-13-28-24(29-23(21)27-12-16-6-4-7-17(25)11-16)30-15(3)10-19-18(22(26)31)8-5-9-20(19)30/h4-11,13-14H,12H2,1-3H3,(H2,26,31)(H,27,28,29). The van der Waals surface area contributed by atoms with E-state index in [4.69, 9.17) is 15.5 Å². The van der Waals surface area contributed by atoms with Crippen molar-refractivity contribution >= 4 is 22.6 Å². The Morgan fingerprint density at radius 2 is 2.00 bits per heavy atom. The predicted molar refractivity (Wildman–Crippen MR) is 122 cm³/mol. The third kappa shape index (κ3) is 4.25. The summed E-state index contributed by atoms with van der Waals surface area (Å²) in [4.78, 5) is 21.0. The molecule has 0 unspecified atom stereocenters. The van der Waals surface area contributed by atoms with E-state index in [0.717, 1.165) is 22.2 Å². The summed E-state index contributed by atoms with van der Waals surface area (Å²) in [6, 6.07) is 13.6. The highest BCUT2D eigenvalue weighted by molar-refractivity contribution is 6.06. The normalized spacial score (nSPS) is 11.2. The van der Waals surface area contributed by atoms with Gasteiger partial charge in [-0.05, 0) is 56.7 Å². The van der Waals surface area contributed by atoms with Crippen molar-refractivity contribution in [2.75, 3.05) is 5.32 Å². The molecule has 8 heteroatoms. The number of halogens is 1. The summed E-state index contributed by atoms with van der Waals surface area (Å²) in [6.07, 6.45) is 1.53. The summed E-state index contributed by atoms with van der Waals surface area (Å²) in [7, 11) is 0. The molecule has 0 bridgehead atoms. The number of nitrogens with one attached hydrogen (secondary N) is 1. The highest BCUT2D eigenvalue weighted by Gasteiger charge is 2.17. The number of aryl methyl sites for hydroxylation is 1. The minimum Gasteiger partial charge on any atom is -0.486 e. The molecule has 164 valence electrons. The molecular formula is C24H24FN5O2. The second-order valence-corrected chi connectivity index (χ2v) is 7.76. The van der Waals surface area contributed by atoms with Crippen LogP contribution >= 0.6 is 0 Å². The van der Waals surface area contributed by atoms with Gasteiger partial charge in [-0.3, -0.25) is 9.36 Å². The molecule has 3 N–H and O–H groups in total. The highest BCUT2D eigenvalue weighted by Crippen LogP contribution is 2.29. The lowest BCUT2D eigenvalue weighted by Gasteiger charge is -2.16. The number of hydrogen-bond donors (Lipinski definition) is 2. The van der Waals surface area contributed by atoms with Crippen LogP contribution in [0.3, 0.4) is 0 Å². The SMILES string of the molecule is Cc1cc2c(C(N)=O)cccc2n1-c1ncc(OC(C)C)c(NCc2cccc(F)c2)n1. The van der Waals surface area contributed by atoms with Crippen molar-refractivity contribution in [3.8, 4) is 11.7 Å². The number of anilines is 1. The van der Waals surface area contributed by atoms with E-state index in [0.29, 0.717) is 29.6 Å². The third-order valence-corrected chi connectivity index (χ3v) is 4.95. The topological polar surface area (TPSA) is 95.1 Å². The highest BCUT2D eigenvalue weighted by atomic mass is 19.1. The third-order valence-electron chi connectivity index (χ3n) is 4.95. The second-order valence-electron chi connectivity index (χ2n) is 7.76. The Balaban J connectivity index is 1.77. The molecule has 0 atom stereocenters. The number of carbonyl (C=O) groups excluding carboxylic acids is 1. The van der Waals surface area contributed by atoms with Crippen LogP contribution in [0.5, 0.6) is 5.75 Å².